The third kappa shape index (κ3) is 4.19. The van der Waals surface area contributed by atoms with Gasteiger partial charge >= 0.3 is 0 Å². The topological polar surface area (TPSA) is 96.1 Å². The standard InChI is InChI=1S/C22H25N3O4/c23-22(28)20-13-25(18-3-1-2-4-19(18)29-20)21(27)14-24-11-9-16(10-12-24)15-5-7-17(26)8-6-15/h1-8,16,20,26H,9-14H2,(H2,23,28)/t20-/m0/s1. The van der Waals surface area contributed by atoms with Crippen molar-refractivity contribution in [1.29, 1.82) is 0 Å². The number of ether oxygens (including phenoxy) is 1. The number of primary amides is 1. The van der Waals surface area contributed by atoms with Crippen LogP contribution >= 0.6 is 0 Å². The highest BCUT2D eigenvalue weighted by molar-refractivity contribution is 5.98. The van der Waals surface area contributed by atoms with E-state index in [1.54, 1.807) is 29.2 Å². The number of anilines is 1. The van der Waals surface area contributed by atoms with Gasteiger partial charge in [0, 0.05) is 0 Å². The van der Waals surface area contributed by atoms with Crippen LogP contribution in [0.15, 0.2) is 48.5 Å². The van der Waals surface area contributed by atoms with Gasteiger partial charge in [-0.25, -0.2) is 0 Å². The molecule has 1 saturated heterocycles. The second kappa shape index (κ2) is 8.13. The first-order valence-electron chi connectivity index (χ1n) is 9.88. The van der Waals surface area contributed by atoms with Crippen LogP contribution in [0.5, 0.6) is 11.5 Å². The normalized spacial score (nSPS) is 20.0. The molecule has 2 amide bonds. The van der Waals surface area contributed by atoms with Crippen LogP contribution in [0.3, 0.4) is 0 Å². The molecule has 4 rings (SSSR count). The molecule has 0 aromatic heterocycles. The number of phenols is 1. The van der Waals surface area contributed by atoms with E-state index in [-0.39, 0.29) is 18.2 Å². The Balaban J connectivity index is 1.39. The molecule has 3 N–H and O–H groups in total. The molecule has 7 heteroatoms. The molecule has 0 saturated carbocycles. The van der Waals surface area contributed by atoms with Crippen molar-refractivity contribution in [2.45, 2.75) is 24.9 Å². The van der Waals surface area contributed by atoms with Gasteiger partial charge in [0.2, 0.25) is 5.91 Å². The predicted octanol–water partition coefficient (Wildman–Crippen LogP) is 1.85. The van der Waals surface area contributed by atoms with Gasteiger partial charge in [0.05, 0.1) is 18.8 Å². The van der Waals surface area contributed by atoms with Gasteiger partial charge in [0.1, 0.15) is 11.5 Å². The maximum atomic E-state index is 13.0. The predicted molar refractivity (Wildman–Crippen MR) is 109 cm³/mol. The van der Waals surface area contributed by atoms with E-state index in [0.717, 1.165) is 25.9 Å². The number of aromatic hydroxyl groups is 1. The zero-order chi connectivity index (χ0) is 20.4. The lowest BCUT2D eigenvalue weighted by Gasteiger charge is -2.36. The third-order valence-corrected chi connectivity index (χ3v) is 5.70. The number of benzene rings is 2. The minimum atomic E-state index is -0.839. The molecule has 0 radical (unpaired) electrons. The van der Waals surface area contributed by atoms with E-state index in [0.29, 0.717) is 23.9 Å². The Labute approximate surface area is 169 Å². The summed E-state index contributed by atoms with van der Waals surface area (Å²) in [7, 11) is 0. The summed E-state index contributed by atoms with van der Waals surface area (Å²) < 4.78 is 5.64. The lowest BCUT2D eigenvalue weighted by molar-refractivity contribution is -0.125. The zero-order valence-electron chi connectivity index (χ0n) is 16.2. The number of nitrogens with zero attached hydrogens (tertiary/aromatic N) is 2. The Morgan fingerprint density at radius 1 is 1.07 bits per heavy atom. The number of hydrogen-bond donors (Lipinski definition) is 2. The molecule has 152 valence electrons. The molecule has 2 aliphatic heterocycles. The molecular weight excluding hydrogens is 370 g/mol. The Bertz CT molecular complexity index is 891. The highest BCUT2D eigenvalue weighted by Gasteiger charge is 2.33. The molecule has 0 unspecified atom stereocenters. The SMILES string of the molecule is NC(=O)[C@@H]1CN(C(=O)CN2CCC(c3ccc(O)cc3)CC2)c2ccccc2O1. The summed E-state index contributed by atoms with van der Waals surface area (Å²) in [5.41, 5.74) is 7.32. The first-order chi connectivity index (χ1) is 14.0. The molecule has 2 aromatic carbocycles. The van der Waals surface area contributed by atoms with Gasteiger partial charge in [-0.2, -0.15) is 0 Å². The number of likely N-dealkylation sites (tertiary alicyclic amines) is 1. The average Bonchev–Trinajstić information content (AvgIpc) is 2.74. The van der Waals surface area contributed by atoms with Crippen molar-refractivity contribution in [2.24, 2.45) is 5.73 Å². The van der Waals surface area contributed by atoms with Crippen molar-refractivity contribution >= 4 is 17.5 Å². The Kier molecular flexibility index (Phi) is 5.40. The first kappa shape index (κ1) is 19.3. The van der Waals surface area contributed by atoms with Gasteiger partial charge in [-0.15, -0.1) is 0 Å². The summed E-state index contributed by atoms with van der Waals surface area (Å²) in [6.07, 6.45) is 1.08. The lowest BCUT2D eigenvalue weighted by atomic mass is 9.89. The fourth-order valence-corrected chi connectivity index (χ4v) is 4.07. The summed E-state index contributed by atoms with van der Waals surface area (Å²) in [6.45, 7) is 2.07. The van der Waals surface area contributed by atoms with E-state index < -0.39 is 12.0 Å². The Morgan fingerprint density at radius 2 is 1.76 bits per heavy atom. The number of piperidine rings is 1. The summed E-state index contributed by atoms with van der Waals surface area (Å²) in [4.78, 5) is 28.4. The Morgan fingerprint density at radius 3 is 2.45 bits per heavy atom. The zero-order valence-corrected chi connectivity index (χ0v) is 16.2. The summed E-state index contributed by atoms with van der Waals surface area (Å²) in [5.74, 6) is 0.575. The second-order valence-corrected chi connectivity index (χ2v) is 7.62. The van der Waals surface area contributed by atoms with Gasteiger partial charge in [-0.1, -0.05) is 24.3 Å². The first-order valence-corrected chi connectivity index (χ1v) is 9.88. The number of amides is 2. The molecule has 2 aromatic rings. The van der Waals surface area contributed by atoms with Gasteiger partial charge in [-0.3, -0.25) is 14.5 Å². The monoisotopic (exact) mass is 395 g/mol. The Hall–Kier alpha value is -3.06. The molecule has 1 fully saturated rings. The largest absolute Gasteiger partial charge is 0.508 e. The third-order valence-electron chi connectivity index (χ3n) is 5.70. The van der Waals surface area contributed by atoms with E-state index in [9.17, 15) is 14.7 Å². The second-order valence-electron chi connectivity index (χ2n) is 7.62. The molecule has 1 atom stereocenters. The van der Waals surface area contributed by atoms with Crippen molar-refractivity contribution in [3.05, 3.63) is 54.1 Å². The van der Waals surface area contributed by atoms with Crippen LogP contribution in [0.1, 0.15) is 24.3 Å². The van der Waals surface area contributed by atoms with Crippen LogP contribution in [0.2, 0.25) is 0 Å². The molecule has 0 bridgehead atoms. The number of rotatable bonds is 4. The minimum absolute atomic E-state index is 0.0601. The van der Waals surface area contributed by atoms with Crippen LogP contribution in [0, 0.1) is 0 Å². The van der Waals surface area contributed by atoms with Gasteiger partial charge < -0.3 is 20.5 Å². The molecular formula is C22H25N3O4. The molecule has 2 heterocycles. The number of nitrogens with two attached hydrogens (primary N) is 1. The summed E-state index contributed by atoms with van der Waals surface area (Å²) in [5, 5.41) is 9.45. The number of carbonyl (C=O) groups is 2. The van der Waals surface area contributed by atoms with Gasteiger partial charge in [-0.05, 0) is 61.7 Å². The number of hydrogen-bond acceptors (Lipinski definition) is 5. The van der Waals surface area contributed by atoms with Gasteiger partial charge in [0.15, 0.2) is 6.10 Å². The van der Waals surface area contributed by atoms with E-state index in [1.165, 1.54) is 5.56 Å². The molecule has 2 aliphatic rings. The van der Waals surface area contributed by atoms with Crippen molar-refractivity contribution in [3.63, 3.8) is 0 Å². The molecule has 29 heavy (non-hydrogen) atoms. The maximum Gasteiger partial charge on any atom is 0.260 e. The van der Waals surface area contributed by atoms with Crippen molar-refractivity contribution in [3.8, 4) is 11.5 Å². The van der Waals surface area contributed by atoms with E-state index in [1.807, 2.05) is 24.3 Å². The smallest absolute Gasteiger partial charge is 0.260 e. The van der Waals surface area contributed by atoms with Crippen LogP contribution in [0.4, 0.5) is 5.69 Å². The van der Waals surface area contributed by atoms with Crippen molar-refractivity contribution in [2.75, 3.05) is 31.1 Å². The van der Waals surface area contributed by atoms with Crippen molar-refractivity contribution < 1.29 is 19.4 Å². The molecule has 0 spiro atoms. The lowest BCUT2D eigenvalue weighted by Crippen LogP contribution is -2.52. The van der Waals surface area contributed by atoms with E-state index >= 15 is 0 Å². The van der Waals surface area contributed by atoms with Crippen LogP contribution in [-0.2, 0) is 9.59 Å². The van der Waals surface area contributed by atoms with E-state index in [2.05, 4.69) is 4.90 Å². The number of carbonyl (C=O) groups excluding carboxylic acids is 2. The maximum absolute atomic E-state index is 13.0. The van der Waals surface area contributed by atoms with Gasteiger partial charge in [0.25, 0.3) is 5.91 Å². The quantitative estimate of drug-likeness (QED) is 0.824. The molecule has 7 nitrogen and oxygen atoms in total. The highest BCUT2D eigenvalue weighted by Crippen LogP contribution is 2.34. The average molecular weight is 395 g/mol. The minimum Gasteiger partial charge on any atom is -0.508 e. The summed E-state index contributed by atoms with van der Waals surface area (Å²) in [6, 6.07) is 14.6. The molecule has 0 aliphatic carbocycles. The fraction of sp³-hybridized carbons (Fsp3) is 0.364. The highest BCUT2D eigenvalue weighted by atomic mass is 16.5. The van der Waals surface area contributed by atoms with Crippen LogP contribution in [-0.4, -0.2) is 54.1 Å². The number of para-hydroxylation sites is 2. The van der Waals surface area contributed by atoms with Crippen LogP contribution < -0.4 is 15.4 Å². The van der Waals surface area contributed by atoms with Crippen LogP contribution in [0.25, 0.3) is 0 Å². The van der Waals surface area contributed by atoms with Crippen molar-refractivity contribution in [1.82, 2.24) is 4.90 Å². The van der Waals surface area contributed by atoms with E-state index in [4.69, 9.17) is 10.5 Å². The summed E-state index contributed by atoms with van der Waals surface area (Å²) >= 11 is 0. The number of fused-ring (bicyclic) bond motifs is 1. The number of phenolic OH excluding ortho intramolecular Hbond substituents is 1. The fourth-order valence-electron chi connectivity index (χ4n) is 4.07.